The first-order chi connectivity index (χ1) is 21.9. The molecule has 2 heterocycles. The Morgan fingerprint density at radius 1 is 0.295 bits per heavy atom. The van der Waals surface area contributed by atoms with Crippen molar-refractivity contribution in [1.82, 2.24) is 9.13 Å². The van der Waals surface area contributed by atoms with Gasteiger partial charge in [-0.2, -0.15) is 0 Å². The molecule has 2 nitrogen and oxygen atoms in total. The molecule has 0 saturated carbocycles. The summed E-state index contributed by atoms with van der Waals surface area (Å²) in [6.07, 6.45) is 0. The Hall–Kier alpha value is -5.86. The average Bonchev–Trinajstić information content (AvgIpc) is 3.61. The summed E-state index contributed by atoms with van der Waals surface area (Å²) in [5.41, 5.74) is 12.0. The van der Waals surface area contributed by atoms with Gasteiger partial charge in [0.15, 0.2) is 0 Å². The van der Waals surface area contributed by atoms with Crippen LogP contribution in [0.3, 0.4) is 0 Å². The number of rotatable bonds is 4. The van der Waals surface area contributed by atoms with E-state index in [1.807, 2.05) is 0 Å². The first-order valence-electron chi connectivity index (χ1n) is 15.1. The van der Waals surface area contributed by atoms with Gasteiger partial charge in [-0.15, -0.1) is 0 Å². The SMILES string of the molecule is c1ccc(-c2cc3c4ccccc4n(-c4ccccc4)c3cc2-c2cccc3c4ccccc4n(-c4ccccc4)c23)cc1. The highest BCUT2D eigenvalue weighted by atomic mass is 15.0. The number of hydrogen-bond donors (Lipinski definition) is 0. The molecule has 0 bridgehead atoms. The Kier molecular flexibility index (Phi) is 5.54. The lowest BCUT2D eigenvalue weighted by molar-refractivity contribution is 1.18. The van der Waals surface area contributed by atoms with Gasteiger partial charge in [0.1, 0.15) is 0 Å². The summed E-state index contributed by atoms with van der Waals surface area (Å²) >= 11 is 0. The van der Waals surface area contributed by atoms with Crippen molar-refractivity contribution in [3.05, 3.63) is 170 Å². The Bertz CT molecular complexity index is 2470. The molecule has 2 aromatic heterocycles. The van der Waals surface area contributed by atoms with E-state index in [9.17, 15) is 0 Å². The molecule has 44 heavy (non-hydrogen) atoms. The van der Waals surface area contributed by atoms with Gasteiger partial charge >= 0.3 is 0 Å². The molecule has 0 aliphatic carbocycles. The molecular weight excluding hydrogens is 532 g/mol. The van der Waals surface area contributed by atoms with E-state index >= 15 is 0 Å². The summed E-state index contributed by atoms with van der Waals surface area (Å²) in [6.45, 7) is 0. The predicted molar refractivity (Wildman–Crippen MR) is 186 cm³/mol. The van der Waals surface area contributed by atoms with Crippen LogP contribution in [-0.4, -0.2) is 9.13 Å². The molecule has 7 aromatic carbocycles. The van der Waals surface area contributed by atoms with E-state index < -0.39 is 0 Å². The molecule has 0 aliphatic rings. The fraction of sp³-hybridized carbons (Fsp3) is 0. The maximum Gasteiger partial charge on any atom is 0.0619 e. The van der Waals surface area contributed by atoms with E-state index in [1.165, 1.54) is 65.9 Å². The van der Waals surface area contributed by atoms with Gasteiger partial charge in [0.25, 0.3) is 0 Å². The highest BCUT2D eigenvalue weighted by molar-refractivity contribution is 6.17. The largest absolute Gasteiger partial charge is 0.309 e. The fourth-order valence-electron chi connectivity index (χ4n) is 7.03. The molecule has 0 aliphatic heterocycles. The van der Waals surface area contributed by atoms with E-state index in [-0.39, 0.29) is 0 Å². The fourth-order valence-corrected chi connectivity index (χ4v) is 7.03. The van der Waals surface area contributed by atoms with E-state index in [1.54, 1.807) is 0 Å². The van der Waals surface area contributed by atoms with Crippen molar-refractivity contribution < 1.29 is 0 Å². The second kappa shape index (κ2) is 9.86. The number of nitrogens with zero attached hydrogens (tertiary/aromatic N) is 2. The number of para-hydroxylation sites is 5. The van der Waals surface area contributed by atoms with Gasteiger partial charge in [0.05, 0.1) is 22.1 Å². The third-order valence-corrected chi connectivity index (χ3v) is 8.91. The second-order valence-electron chi connectivity index (χ2n) is 11.4. The minimum atomic E-state index is 1.16. The minimum Gasteiger partial charge on any atom is -0.309 e. The highest BCUT2D eigenvalue weighted by Crippen LogP contribution is 2.44. The van der Waals surface area contributed by atoms with Crippen LogP contribution in [0.1, 0.15) is 0 Å². The first kappa shape index (κ1) is 24.7. The summed E-state index contributed by atoms with van der Waals surface area (Å²) in [5, 5.41) is 5.02. The van der Waals surface area contributed by atoms with E-state index in [2.05, 4.69) is 179 Å². The molecule has 0 amide bonds. The second-order valence-corrected chi connectivity index (χ2v) is 11.4. The Morgan fingerprint density at radius 2 is 0.818 bits per heavy atom. The van der Waals surface area contributed by atoms with Crippen LogP contribution in [0.4, 0.5) is 0 Å². The molecule has 206 valence electrons. The summed E-state index contributed by atoms with van der Waals surface area (Å²) in [7, 11) is 0. The number of fused-ring (bicyclic) bond motifs is 6. The first-order valence-corrected chi connectivity index (χ1v) is 15.1. The Morgan fingerprint density at radius 3 is 1.50 bits per heavy atom. The van der Waals surface area contributed by atoms with Gasteiger partial charge in [0, 0.05) is 38.5 Å². The van der Waals surface area contributed by atoms with Crippen molar-refractivity contribution in [3.8, 4) is 33.6 Å². The van der Waals surface area contributed by atoms with Crippen molar-refractivity contribution >= 4 is 43.6 Å². The molecular formula is C42H28N2. The zero-order valence-electron chi connectivity index (χ0n) is 24.1. The van der Waals surface area contributed by atoms with Crippen molar-refractivity contribution in [1.29, 1.82) is 0 Å². The lowest BCUT2D eigenvalue weighted by Crippen LogP contribution is -1.97. The van der Waals surface area contributed by atoms with Gasteiger partial charge in [0.2, 0.25) is 0 Å². The maximum atomic E-state index is 2.44. The van der Waals surface area contributed by atoms with Crippen LogP contribution in [0.2, 0.25) is 0 Å². The van der Waals surface area contributed by atoms with Gasteiger partial charge < -0.3 is 9.13 Å². The minimum absolute atomic E-state index is 1.16. The molecule has 2 heteroatoms. The summed E-state index contributed by atoms with van der Waals surface area (Å²) in [6, 6.07) is 61.4. The molecule has 0 atom stereocenters. The molecule has 9 aromatic rings. The number of benzene rings is 7. The normalized spacial score (nSPS) is 11.6. The van der Waals surface area contributed by atoms with Crippen LogP contribution >= 0.6 is 0 Å². The van der Waals surface area contributed by atoms with E-state index in [4.69, 9.17) is 0 Å². The highest BCUT2D eigenvalue weighted by Gasteiger charge is 2.21. The van der Waals surface area contributed by atoms with Crippen molar-refractivity contribution in [3.63, 3.8) is 0 Å². The van der Waals surface area contributed by atoms with Gasteiger partial charge in [-0.25, -0.2) is 0 Å². The van der Waals surface area contributed by atoms with Crippen LogP contribution < -0.4 is 0 Å². The molecule has 0 unspecified atom stereocenters. The smallest absolute Gasteiger partial charge is 0.0619 e. The van der Waals surface area contributed by atoms with Gasteiger partial charge in [-0.05, 0) is 65.2 Å². The maximum absolute atomic E-state index is 2.44. The van der Waals surface area contributed by atoms with Crippen molar-refractivity contribution in [2.24, 2.45) is 0 Å². The van der Waals surface area contributed by atoms with Gasteiger partial charge in [-0.3, -0.25) is 0 Å². The third kappa shape index (κ3) is 3.68. The quantitative estimate of drug-likeness (QED) is 0.203. The van der Waals surface area contributed by atoms with Crippen LogP contribution in [-0.2, 0) is 0 Å². The molecule has 0 N–H and O–H groups in total. The zero-order chi connectivity index (χ0) is 29.0. The van der Waals surface area contributed by atoms with Crippen molar-refractivity contribution in [2.45, 2.75) is 0 Å². The monoisotopic (exact) mass is 560 g/mol. The predicted octanol–water partition coefficient (Wildman–Crippen LogP) is 11.2. The van der Waals surface area contributed by atoms with E-state index in [0.29, 0.717) is 0 Å². The molecule has 0 spiro atoms. The zero-order valence-corrected chi connectivity index (χ0v) is 24.1. The van der Waals surface area contributed by atoms with Crippen LogP contribution in [0, 0.1) is 0 Å². The van der Waals surface area contributed by atoms with Crippen molar-refractivity contribution in [2.75, 3.05) is 0 Å². The van der Waals surface area contributed by atoms with Gasteiger partial charge in [-0.1, -0.05) is 121 Å². The van der Waals surface area contributed by atoms with E-state index in [0.717, 1.165) is 11.4 Å². The topological polar surface area (TPSA) is 9.86 Å². The number of aromatic nitrogens is 2. The third-order valence-electron chi connectivity index (χ3n) is 8.91. The van der Waals surface area contributed by atoms with Crippen LogP contribution in [0.15, 0.2) is 170 Å². The van der Waals surface area contributed by atoms with Crippen LogP contribution in [0.25, 0.3) is 77.2 Å². The average molecular weight is 561 g/mol. The summed E-state index contributed by atoms with van der Waals surface area (Å²) in [4.78, 5) is 0. The summed E-state index contributed by atoms with van der Waals surface area (Å²) in [5.74, 6) is 0. The standard InChI is InChI=1S/C42H28N2/c1-4-15-29(16-5-1)36-27-38-33-22-11-12-25-39(33)43(30-17-6-2-7-18-30)41(38)28-37(36)35-24-14-23-34-32-21-10-13-26-40(32)44(42(34)35)31-19-8-3-9-20-31/h1-28H. The Balaban J connectivity index is 1.47. The van der Waals surface area contributed by atoms with Crippen LogP contribution in [0.5, 0.6) is 0 Å². The lowest BCUT2D eigenvalue weighted by Gasteiger charge is -2.16. The Labute approximate surface area is 255 Å². The molecule has 0 fully saturated rings. The molecule has 9 rings (SSSR count). The number of hydrogen-bond acceptors (Lipinski definition) is 0. The molecule has 0 saturated heterocycles. The lowest BCUT2D eigenvalue weighted by atomic mass is 9.91. The summed E-state index contributed by atoms with van der Waals surface area (Å²) < 4.78 is 4.85. The molecule has 0 radical (unpaired) electrons.